The van der Waals surface area contributed by atoms with Gasteiger partial charge in [0, 0.05) is 13.2 Å². The molecule has 2 saturated heterocycles. The van der Waals surface area contributed by atoms with Crippen molar-refractivity contribution in [3.63, 3.8) is 0 Å². The molecule has 2 rings (SSSR count). The predicted molar refractivity (Wildman–Crippen MR) is 64.4 cm³/mol. The van der Waals surface area contributed by atoms with Crippen LogP contribution in [0, 0.1) is 5.92 Å². The summed E-state index contributed by atoms with van der Waals surface area (Å²) in [6.45, 7) is 8.09. The van der Waals surface area contributed by atoms with E-state index >= 15 is 0 Å². The van der Waals surface area contributed by atoms with Crippen LogP contribution in [0.4, 0.5) is 0 Å². The summed E-state index contributed by atoms with van der Waals surface area (Å²) in [5.74, 6) is 0.852. The molecule has 0 bridgehead atoms. The van der Waals surface area contributed by atoms with Gasteiger partial charge < -0.3 is 9.64 Å². The third-order valence-electron chi connectivity index (χ3n) is 3.38. The van der Waals surface area contributed by atoms with E-state index in [4.69, 9.17) is 4.74 Å². The normalized spacial score (nSPS) is 32.6. The Morgan fingerprint density at radius 2 is 2.33 bits per heavy atom. The molecule has 4 heteroatoms. The van der Waals surface area contributed by atoms with Crippen LogP contribution >= 0.6 is 12.4 Å². The van der Waals surface area contributed by atoms with Gasteiger partial charge in [-0.1, -0.05) is 6.92 Å². The minimum atomic E-state index is 0. The number of nitrogens with one attached hydrogen (secondary N) is 1. The number of hydrogen-bond donors (Lipinski definition) is 1. The number of nitrogens with zero attached hydrogens (tertiary/aromatic N) is 1. The molecule has 90 valence electrons. The van der Waals surface area contributed by atoms with Gasteiger partial charge in [-0.25, -0.2) is 0 Å². The molecule has 15 heavy (non-hydrogen) atoms. The van der Waals surface area contributed by atoms with Crippen molar-refractivity contribution in [2.75, 3.05) is 32.8 Å². The first-order valence-corrected chi connectivity index (χ1v) is 5.96. The Morgan fingerprint density at radius 1 is 1.47 bits per heavy atom. The van der Waals surface area contributed by atoms with E-state index in [0.717, 1.165) is 19.1 Å². The van der Waals surface area contributed by atoms with E-state index in [1.54, 1.807) is 0 Å². The highest BCUT2D eigenvalue weighted by Crippen LogP contribution is 2.21. The summed E-state index contributed by atoms with van der Waals surface area (Å²) in [5, 5.41) is 3.44. The number of ether oxygens (including phenoxy) is 1. The van der Waals surface area contributed by atoms with Gasteiger partial charge in [0.1, 0.15) is 6.23 Å². The van der Waals surface area contributed by atoms with Crippen molar-refractivity contribution < 1.29 is 4.74 Å². The Hall–Kier alpha value is 0.170. The zero-order chi connectivity index (χ0) is 9.80. The van der Waals surface area contributed by atoms with Gasteiger partial charge in [-0.3, -0.25) is 5.32 Å². The van der Waals surface area contributed by atoms with Crippen LogP contribution in [0.5, 0.6) is 0 Å². The average molecular weight is 235 g/mol. The van der Waals surface area contributed by atoms with Gasteiger partial charge in [-0.05, 0) is 44.8 Å². The minimum absolute atomic E-state index is 0. The molecule has 2 aliphatic heterocycles. The maximum Gasteiger partial charge on any atom is 0.108 e. The third kappa shape index (κ3) is 3.91. The molecule has 2 aliphatic rings. The molecular formula is C11H23ClN2O. The molecule has 2 heterocycles. The van der Waals surface area contributed by atoms with Crippen LogP contribution in [0.1, 0.15) is 26.2 Å². The molecule has 0 amide bonds. The van der Waals surface area contributed by atoms with Gasteiger partial charge in [0.2, 0.25) is 0 Å². The van der Waals surface area contributed by atoms with Gasteiger partial charge >= 0.3 is 0 Å². The second kappa shape index (κ2) is 6.69. The summed E-state index contributed by atoms with van der Waals surface area (Å²) in [4.78, 5) is 2.54. The molecule has 0 aromatic carbocycles. The SMILES string of the molecule is CCN1CCC(CC2NCCCO2)C1.Cl. The van der Waals surface area contributed by atoms with Crippen molar-refractivity contribution in [2.24, 2.45) is 5.92 Å². The molecule has 0 aromatic rings. The van der Waals surface area contributed by atoms with E-state index in [1.807, 2.05) is 0 Å². The van der Waals surface area contributed by atoms with E-state index in [9.17, 15) is 0 Å². The topological polar surface area (TPSA) is 24.5 Å². The first-order chi connectivity index (χ1) is 6.88. The molecule has 0 saturated carbocycles. The molecule has 0 radical (unpaired) electrons. The van der Waals surface area contributed by atoms with Gasteiger partial charge in [0.15, 0.2) is 0 Å². The summed E-state index contributed by atoms with van der Waals surface area (Å²) in [6.07, 6.45) is 4.07. The smallest absolute Gasteiger partial charge is 0.108 e. The monoisotopic (exact) mass is 234 g/mol. The lowest BCUT2D eigenvalue weighted by Gasteiger charge is -2.26. The Kier molecular flexibility index (Phi) is 5.90. The molecule has 2 fully saturated rings. The van der Waals surface area contributed by atoms with Crippen LogP contribution in [0.3, 0.4) is 0 Å². The van der Waals surface area contributed by atoms with Crippen molar-refractivity contribution >= 4 is 12.4 Å². The van der Waals surface area contributed by atoms with Gasteiger partial charge in [0.25, 0.3) is 0 Å². The van der Waals surface area contributed by atoms with Crippen molar-refractivity contribution in [3.05, 3.63) is 0 Å². The molecule has 0 aromatic heterocycles. The zero-order valence-corrected chi connectivity index (χ0v) is 10.4. The molecule has 0 spiro atoms. The van der Waals surface area contributed by atoms with E-state index in [0.29, 0.717) is 6.23 Å². The van der Waals surface area contributed by atoms with Crippen molar-refractivity contribution in [1.82, 2.24) is 10.2 Å². The lowest BCUT2D eigenvalue weighted by Crippen LogP contribution is -2.39. The minimum Gasteiger partial charge on any atom is -0.363 e. The number of hydrogen-bond acceptors (Lipinski definition) is 3. The summed E-state index contributed by atoms with van der Waals surface area (Å²) >= 11 is 0. The molecule has 0 aliphatic carbocycles. The largest absolute Gasteiger partial charge is 0.363 e. The summed E-state index contributed by atoms with van der Waals surface area (Å²) in [5.41, 5.74) is 0. The number of likely N-dealkylation sites (tertiary alicyclic amines) is 1. The molecule has 2 unspecified atom stereocenters. The van der Waals surface area contributed by atoms with E-state index in [1.165, 1.54) is 38.9 Å². The summed E-state index contributed by atoms with van der Waals surface area (Å²) in [7, 11) is 0. The second-order valence-electron chi connectivity index (χ2n) is 4.45. The van der Waals surface area contributed by atoms with Crippen LogP contribution in [0.2, 0.25) is 0 Å². The Morgan fingerprint density at radius 3 is 2.93 bits per heavy atom. The first kappa shape index (κ1) is 13.2. The summed E-state index contributed by atoms with van der Waals surface area (Å²) in [6, 6.07) is 0. The third-order valence-corrected chi connectivity index (χ3v) is 3.38. The second-order valence-corrected chi connectivity index (χ2v) is 4.45. The van der Waals surface area contributed by atoms with E-state index in [-0.39, 0.29) is 12.4 Å². The average Bonchev–Trinajstić information content (AvgIpc) is 2.67. The van der Waals surface area contributed by atoms with E-state index < -0.39 is 0 Å². The fourth-order valence-electron chi connectivity index (χ4n) is 2.47. The standard InChI is InChI=1S/C11H22N2O.ClH/c1-2-13-6-4-10(9-13)8-11-12-5-3-7-14-11;/h10-12H,2-9H2,1H3;1H. The van der Waals surface area contributed by atoms with Gasteiger partial charge in [-0.2, -0.15) is 0 Å². The first-order valence-electron chi connectivity index (χ1n) is 5.96. The maximum absolute atomic E-state index is 5.68. The molecule has 2 atom stereocenters. The summed E-state index contributed by atoms with van der Waals surface area (Å²) < 4.78 is 5.68. The van der Waals surface area contributed by atoms with Crippen LogP contribution in [-0.4, -0.2) is 43.9 Å². The molecular weight excluding hydrogens is 212 g/mol. The Bertz CT molecular complexity index is 174. The fourth-order valence-corrected chi connectivity index (χ4v) is 2.47. The lowest BCUT2D eigenvalue weighted by molar-refractivity contribution is -0.0124. The van der Waals surface area contributed by atoms with Gasteiger partial charge in [-0.15, -0.1) is 12.4 Å². The predicted octanol–water partition coefficient (Wildman–Crippen LogP) is 1.48. The zero-order valence-electron chi connectivity index (χ0n) is 9.58. The fraction of sp³-hybridized carbons (Fsp3) is 1.00. The molecule has 1 N–H and O–H groups in total. The highest BCUT2D eigenvalue weighted by Gasteiger charge is 2.25. The highest BCUT2D eigenvalue weighted by atomic mass is 35.5. The lowest BCUT2D eigenvalue weighted by atomic mass is 10.0. The number of halogens is 1. The Labute approximate surface area is 99.0 Å². The van der Waals surface area contributed by atoms with Crippen LogP contribution in [0.15, 0.2) is 0 Å². The number of rotatable bonds is 3. The quantitative estimate of drug-likeness (QED) is 0.801. The van der Waals surface area contributed by atoms with Crippen LogP contribution < -0.4 is 5.32 Å². The Balaban J connectivity index is 0.00000112. The van der Waals surface area contributed by atoms with Crippen molar-refractivity contribution in [1.29, 1.82) is 0 Å². The van der Waals surface area contributed by atoms with E-state index in [2.05, 4.69) is 17.1 Å². The highest BCUT2D eigenvalue weighted by molar-refractivity contribution is 5.85. The molecule has 3 nitrogen and oxygen atoms in total. The van der Waals surface area contributed by atoms with Crippen LogP contribution in [0.25, 0.3) is 0 Å². The van der Waals surface area contributed by atoms with Crippen molar-refractivity contribution in [3.8, 4) is 0 Å². The van der Waals surface area contributed by atoms with Gasteiger partial charge in [0.05, 0.1) is 0 Å². The van der Waals surface area contributed by atoms with Crippen molar-refractivity contribution in [2.45, 2.75) is 32.4 Å². The maximum atomic E-state index is 5.68. The van der Waals surface area contributed by atoms with Crippen LogP contribution in [-0.2, 0) is 4.74 Å².